The van der Waals surface area contributed by atoms with E-state index in [4.69, 9.17) is 27.9 Å². The number of ether oxygens (including phenoxy) is 1. The number of benzene rings is 1. The molecule has 1 aromatic rings. The van der Waals surface area contributed by atoms with Gasteiger partial charge in [-0.05, 0) is 32.4 Å². The van der Waals surface area contributed by atoms with Gasteiger partial charge in [0.2, 0.25) is 5.91 Å². The van der Waals surface area contributed by atoms with Crippen molar-refractivity contribution < 1.29 is 14.4 Å². The van der Waals surface area contributed by atoms with Gasteiger partial charge < -0.3 is 15.0 Å². The van der Waals surface area contributed by atoms with Gasteiger partial charge in [0, 0.05) is 42.5 Å². The molecule has 1 amide bonds. The van der Waals surface area contributed by atoms with Crippen LogP contribution in [0.1, 0.15) is 38.7 Å². The summed E-state index contributed by atoms with van der Waals surface area (Å²) in [4.78, 5) is 13.7. The molecule has 0 unspecified atom stereocenters. The lowest BCUT2D eigenvalue weighted by Gasteiger charge is -2.29. The predicted octanol–water partition coefficient (Wildman–Crippen LogP) is 2.72. The van der Waals surface area contributed by atoms with Crippen molar-refractivity contribution in [3.05, 3.63) is 33.8 Å². The number of nitrogens with one attached hydrogen (secondary N) is 2. The van der Waals surface area contributed by atoms with Crippen LogP contribution in [-0.2, 0) is 16.1 Å². The highest BCUT2D eigenvalue weighted by molar-refractivity contribution is 6.35. The molecule has 25 heavy (non-hydrogen) atoms. The van der Waals surface area contributed by atoms with Gasteiger partial charge in [-0.2, -0.15) is 0 Å². The number of carbonyl (C=O) groups is 1. The van der Waals surface area contributed by atoms with Crippen molar-refractivity contribution >= 4 is 29.1 Å². The molecule has 1 aromatic carbocycles. The summed E-state index contributed by atoms with van der Waals surface area (Å²) in [6.45, 7) is 8.30. The van der Waals surface area contributed by atoms with Gasteiger partial charge in [0.25, 0.3) is 0 Å². The van der Waals surface area contributed by atoms with Crippen LogP contribution in [-0.4, -0.2) is 38.3 Å². The minimum absolute atomic E-state index is 0.135. The lowest BCUT2D eigenvalue weighted by atomic mass is 9.95. The van der Waals surface area contributed by atoms with Crippen LogP contribution in [0.3, 0.4) is 0 Å². The summed E-state index contributed by atoms with van der Waals surface area (Å²) in [7, 11) is 0. The molecule has 0 spiro atoms. The highest BCUT2D eigenvalue weighted by Gasteiger charge is 2.27. The van der Waals surface area contributed by atoms with E-state index in [0.717, 1.165) is 49.5 Å². The number of carbonyl (C=O) groups excluding carboxylic acids is 1. The molecule has 1 fully saturated rings. The molecule has 0 radical (unpaired) electrons. The number of halogens is 2. The second-order valence-electron chi connectivity index (χ2n) is 7.00. The topological polar surface area (TPSA) is 42.8 Å². The standard InChI is InChI=1S/C19H28Cl2N2O2/c1-14(2)25-11-3-8-22-19(24)15-6-9-23(10-7-15)13-16-4-5-17(20)12-18(16)21/h4-5,12,14-15H,3,6-11,13H2,1-2H3,(H,22,24)/p+1. The van der Waals surface area contributed by atoms with Crippen LogP contribution in [0.4, 0.5) is 0 Å². The van der Waals surface area contributed by atoms with Crippen LogP contribution in [0.5, 0.6) is 0 Å². The van der Waals surface area contributed by atoms with Gasteiger partial charge in [0.05, 0.1) is 24.2 Å². The molecular formula is C19H29Cl2N2O2+. The smallest absolute Gasteiger partial charge is 0.223 e. The van der Waals surface area contributed by atoms with Crippen LogP contribution in [0.15, 0.2) is 18.2 Å². The van der Waals surface area contributed by atoms with Gasteiger partial charge in [0.15, 0.2) is 0 Å². The molecule has 0 aliphatic carbocycles. The fourth-order valence-corrected chi connectivity index (χ4v) is 3.62. The molecule has 1 heterocycles. The minimum Gasteiger partial charge on any atom is -0.379 e. The number of rotatable bonds is 8. The lowest BCUT2D eigenvalue weighted by molar-refractivity contribution is -0.919. The maximum Gasteiger partial charge on any atom is 0.223 e. The average molecular weight is 388 g/mol. The molecule has 1 aliphatic rings. The third-order valence-electron chi connectivity index (χ3n) is 4.59. The van der Waals surface area contributed by atoms with Gasteiger partial charge in [0.1, 0.15) is 6.54 Å². The van der Waals surface area contributed by atoms with Crippen LogP contribution in [0.2, 0.25) is 10.0 Å². The zero-order valence-electron chi connectivity index (χ0n) is 15.1. The summed E-state index contributed by atoms with van der Waals surface area (Å²) >= 11 is 12.2. The molecule has 1 aliphatic heterocycles. The molecule has 4 nitrogen and oxygen atoms in total. The minimum atomic E-state index is 0.135. The maximum absolute atomic E-state index is 12.3. The number of hydrogen-bond acceptors (Lipinski definition) is 2. The first-order chi connectivity index (χ1) is 12.0. The maximum atomic E-state index is 12.3. The summed E-state index contributed by atoms with van der Waals surface area (Å²) < 4.78 is 5.48. The molecule has 0 saturated carbocycles. The summed E-state index contributed by atoms with van der Waals surface area (Å²) in [6, 6.07) is 5.67. The van der Waals surface area contributed by atoms with Gasteiger partial charge in [-0.15, -0.1) is 0 Å². The Balaban J connectivity index is 1.67. The van der Waals surface area contributed by atoms with Crippen molar-refractivity contribution in [1.82, 2.24) is 5.32 Å². The molecule has 0 aromatic heterocycles. The van der Waals surface area contributed by atoms with Gasteiger partial charge >= 0.3 is 0 Å². The molecule has 6 heteroatoms. The zero-order chi connectivity index (χ0) is 18.2. The highest BCUT2D eigenvalue weighted by Crippen LogP contribution is 2.20. The Morgan fingerprint density at radius 3 is 2.68 bits per heavy atom. The SMILES string of the molecule is CC(C)OCCCNC(=O)C1CC[NH+](Cc2ccc(Cl)cc2Cl)CC1. The largest absolute Gasteiger partial charge is 0.379 e. The molecule has 2 N–H and O–H groups in total. The first-order valence-electron chi connectivity index (χ1n) is 9.12. The second kappa shape index (κ2) is 10.4. The van der Waals surface area contributed by atoms with E-state index >= 15 is 0 Å². The Kier molecular flexibility index (Phi) is 8.50. The summed E-state index contributed by atoms with van der Waals surface area (Å²) in [5.74, 6) is 0.323. The predicted molar refractivity (Wildman–Crippen MR) is 102 cm³/mol. The fraction of sp³-hybridized carbons (Fsp3) is 0.632. The molecular weight excluding hydrogens is 359 g/mol. The van der Waals surface area contributed by atoms with Crippen LogP contribution in [0.25, 0.3) is 0 Å². The monoisotopic (exact) mass is 387 g/mol. The molecule has 1 saturated heterocycles. The molecule has 0 bridgehead atoms. The van der Waals surface area contributed by atoms with E-state index in [1.54, 1.807) is 6.07 Å². The van der Waals surface area contributed by atoms with E-state index in [-0.39, 0.29) is 17.9 Å². The number of piperidine rings is 1. The number of amides is 1. The van der Waals surface area contributed by atoms with E-state index in [1.165, 1.54) is 4.90 Å². The van der Waals surface area contributed by atoms with Crippen molar-refractivity contribution in [3.63, 3.8) is 0 Å². The van der Waals surface area contributed by atoms with E-state index in [9.17, 15) is 4.79 Å². The normalized spacial score (nSPS) is 20.7. The van der Waals surface area contributed by atoms with Crippen LogP contribution < -0.4 is 10.2 Å². The average Bonchev–Trinajstić information content (AvgIpc) is 2.57. The van der Waals surface area contributed by atoms with Crippen LogP contribution in [0, 0.1) is 5.92 Å². The Morgan fingerprint density at radius 1 is 1.32 bits per heavy atom. The van der Waals surface area contributed by atoms with Crippen molar-refractivity contribution in [2.45, 2.75) is 45.8 Å². The van der Waals surface area contributed by atoms with Gasteiger partial charge in [-0.3, -0.25) is 4.79 Å². The third kappa shape index (κ3) is 7.14. The zero-order valence-corrected chi connectivity index (χ0v) is 16.6. The summed E-state index contributed by atoms with van der Waals surface area (Å²) in [5.41, 5.74) is 1.12. The fourth-order valence-electron chi connectivity index (χ4n) is 3.15. The number of likely N-dealkylation sites (tertiary alicyclic amines) is 1. The quantitative estimate of drug-likeness (QED) is 0.673. The van der Waals surface area contributed by atoms with E-state index in [1.807, 2.05) is 26.0 Å². The van der Waals surface area contributed by atoms with Gasteiger partial charge in [-0.1, -0.05) is 29.3 Å². The Bertz CT molecular complexity index is 558. The summed E-state index contributed by atoms with van der Waals surface area (Å²) in [5, 5.41) is 4.43. The van der Waals surface area contributed by atoms with Crippen molar-refractivity contribution in [2.75, 3.05) is 26.2 Å². The van der Waals surface area contributed by atoms with Crippen molar-refractivity contribution in [3.8, 4) is 0 Å². The summed E-state index contributed by atoms with van der Waals surface area (Å²) in [6.07, 6.45) is 2.96. The molecule has 2 rings (SSSR count). The second-order valence-corrected chi connectivity index (χ2v) is 7.84. The Hall–Kier alpha value is -0.810. The Morgan fingerprint density at radius 2 is 2.04 bits per heavy atom. The van der Waals surface area contributed by atoms with Gasteiger partial charge in [-0.25, -0.2) is 0 Å². The van der Waals surface area contributed by atoms with E-state index in [0.29, 0.717) is 18.2 Å². The van der Waals surface area contributed by atoms with Crippen molar-refractivity contribution in [2.24, 2.45) is 5.92 Å². The first-order valence-corrected chi connectivity index (χ1v) is 9.88. The van der Waals surface area contributed by atoms with Crippen molar-refractivity contribution in [1.29, 1.82) is 0 Å². The Labute approximate surface area is 160 Å². The molecule has 0 atom stereocenters. The highest BCUT2D eigenvalue weighted by atomic mass is 35.5. The molecule has 140 valence electrons. The van der Waals surface area contributed by atoms with Crippen LogP contribution >= 0.6 is 23.2 Å². The van der Waals surface area contributed by atoms with E-state index < -0.39 is 0 Å². The number of hydrogen-bond donors (Lipinski definition) is 2. The third-order valence-corrected chi connectivity index (χ3v) is 5.18. The number of quaternary nitrogens is 1. The first kappa shape index (κ1) is 20.5. The lowest BCUT2D eigenvalue weighted by Crippen LogP contribution is -3.11. The van der Waals surface area contributed by atoms with E-state index in [2.05, 4.69) is 5.32 Å².